The molecule has 0 saturated carbocycles. The first-order valence-corrected chi connectivity index (χ1v) is 6.85. The average Bonchev–Trinajstić information content (AvgIpc) is 3.24. The minimum absolute atomic E-state index is 0.0413. The maximum Gasteiger partial charge on any atom is 0.471 e. The second kappa shape index (κ2) is 6.34. The van der Waals surface area contributed by atoms with Crippen LogP contribution in [0.5, 0.6) is 0 Å². The first kappa shape index (κ1) is 16.6. The van der Waals surface area contributed by atoms with E-state index >= 15 is 0 Å². The molecule has 2 heterocycles. The molecule has 0 fully saturated rings. The van der Waals surface area contributed by atoms with Gasteiger partial charge in [-0.25, -0.2) is 14.5 Å². The lowest BCUT2D eigenvalue weighted by atomic mass is 10.1. The standard InChI is InChI=1S/C14H10F3N5O3/c1-24-12(23)11-18-7-19-22(11)6-8-2-4-9(5-3-8)10-20-13(25-21-10)14(15,16)17/h2-5,7H,6H2,1H3. The number of aromatic nitrogens is 5. The summed E-state index contributed by atoms with van der Waals surface area (Å²) in [5, 5.41) is 7.24. The van der Waals surface area contributed by atoms with Crippen molar-refractivity contribution in [3.8, 4) is 11.4 Å². The van der Waals surface area contributed by atoms with E-state index in [1.165, 1.54) is 30.3 Å². The van der Waals surface area contributed by atoms with Gasteiger partial charge in [-0.15, -0.1) is 0 Å². The van der Waals surface area contributed by atoms with Crippen LogP contribution in [0.3, 0.4) is 0 Å². The SMILES string of the molecule is COC(=O)c1ncnn1Cc1ccc(-c2noc(C(F)(F)F)n2)cc1. The number of hydrogen-bond donors (Lipinski definition) is 0. The zero-order valence-corrected chi connectivity index (χ0v) is 12.7. The summed E-state index contributed by atoms with van der Waals surface area (Å²) in [7, 11) is 1.23. The zero-order chi connectivity index (χ0) is 18.0. The van der Waals surface area contributed by atoms with Crippen molar-refractivity contribution < 1.29 is 27.2 Å². The van der Waals surface area contributed by atoms with Crippen LogP contribution in [0.2, 0.25) is 0 Å². The molecular weight excluding hydrogens is 343 g/mol. The van der Waals surface area contributed by atoms with Crippen molar-refractivity contribution in [2.24, 2.45) is 0 Å². The molecule has 11 heteroatoms. The predicted molar refractivity (Wildman–Crippen MR) is 75.2 cm³/mol. The minimum Gasteiger partial charge on any atom is -0.463 e. The summed E-state index contributed by atoms with van der Waals surface area (Å²) in [5.74, 6) is -2.16. The van der Waals surface area contributed by atoms with Gasteiger partial charge in [-0.2, -0.15) is 23.3 Å². The van der Waals surface area contributed by atoms with Crippen molar-refractivity contribution in [3.05, 3.63) is 47.9 Å². The van der Waals surface area contributed by atoms with Gasteiger partial charge in [0.1, 0.15) is 6.33 Å². The summed E-state index contributed by atoms with van der Waals surface area (Å²) in [4.78, 5) is 18.7. The third-order valence-corrected chi connectivity index (χ3v) is 3.20. The Balaban J connectivity index is 1.78. The first-order chi connectivity index (χ1) is 11.9. The van der Waals surface area contributed by atoms with E-state index in [2.05, 4.69) is 29.5 Å². The van der Waals surface area contributed by atoms with E-state index in [1.807, 2.05) is 0 Å². The van der Waals surface area contributed by atoms with E-state index in [0.29, 0.717) is 5.56 Å². The Morgan fingerprint density at radius 1 is 1.28 bits per heavy atom. The summed E-state index contributed by atoms with van der Waals surface area (Å²) in [5.41, 5.74) is 1.09. The number of benzene rings is 1. The van der Waals surface area contributed by atoms with E-state index in [0.717, 1.165) is 5.56 Å². The zero-order valence-electron chi connectivity index (χ0n) is 12.7. The fraction of sp³-hybridized carbons (Fsp3) is 0.214. The van der Waals surface area contributed by atoms with Gasteiger partial charge in [0.25, 0.3) is 0 Å². The number of methoxy groups -OCH3 is 1. The Morgan fingerprint density at radius 3 is 2.60 bits per heavy atom. The lowest BCUT2D eigenvalue weighted by molar-refractivity contribution is -0.159. The highest BCUT2D eigenvalue weighted by Crippen LogP contribution is 2.29. The molecule has 3 rings (SSSR count). The summed E-state index contributed by atoms with van der Waals surface area (Å²) in [6, 6.07) is 6.35. The fourth-order valence-corrected chi connectivity index (χ4v) is 2.02. The maximum atomic E-state index is 12.5. The number of halogens is 3. The highest BCUT2D eigenvalue weighted by Gasteiger charge is 2.38. The van der Waals surface area contributed by atoms with E-state index in [9.17, 15) is 18.0 Å². The van der Waals surface area contributed by atoms with Crippen molar-refractivity contribution in [2.45, 2.75) is 12.7 Å². The molecular formula is C14H10F3N5O3. The van der Waals surface area contributed by atoms with Crippen LogP contribution < -0.4 is 0 Å². The molecule has 0 unspecified atom stereocenters. The lowest BCUT2D eigenvalue weighted by Gasteiger charge is -2.05. The van der Waals surface area contributed by atoms with Crippen LogP contribution in [0, 0.1) is 0 Å². The van der Waals surface area contributed by atoms with Crippen LogP contribution in [0.1, 0.15) is 22.1 Å². The molecule has 0 amide bonds. The van der Waals surface area contributed by atoms with Gasteiger partial charge in [0.15, 0.2) is 0 Å². The second-order valence-corrected chi connectivity index (χ2v) is 4.85. The number of hydrogen-bond acceptors (Lipinski definition) is 7. The average molecular weight is 353 g/mol. The summed E-state index contributed by atoms with van der Waals surface area (Å²) >= 11 is 0. The molecule has 0 saturated heterocycles. The van der Waals surface area contributed by atoms with Gasteiger partial charge >= 0.3 is 18.0 Å². The van der Waals surface area contributed by atoms with Crippen LogP contribution >= 0.6 is 0 Å². The molecule has 0 aliphatic rings. The maximum absolute atomic E-state index is 12.5. The second-order valence-electron chi connectivity index (χ2n) is 4.85. The highest BCUT2D eigenvalue weighted by atomic mass is 19.4. The van der Waals surface area contributed by atoms with E-state index in [4.69, 9.17) is 0 Å². The van der Waals surface area contributed by atoms with Gasteiger partial charge in [-0.1, -0.05) is 29.4 Å². The van der Waals surface area contributed by atoms with Crippen LogP contribution in [-0.4, -0.2) is 38.0 Å². The Morgan fingerprint density at radius 2 is 2.00 bits per heavy atom. The van der Waals surface area contributed by atoms with Crippen LogP contribution in [0.4, 0.5) is 13.2 Å². The molecule has 0 bridgehead atoms. The first-order valence-electron chi connectivity index (χ1n) is 6.85. The summed E-state index contributed by atoms with van der Waals surface area (Å²) in [6.07, 6.45) is -3.47. The molecule has 0 spiro atoms. The Kier molecular flexibility index (Phi) is 4.21. The molecule has 130 valence electrons. The predicted octanol–water partition coefficient (Wildman–Crippen LogP) is 2.18. The molecule has 8 nitrogen and oxygen atoms in total. The summed E-state index contributed by atoms with van der Waals surface area (Å²) < 4.78 is 47.6. The number of alkyl halides is 3. The minimum atomic E-state index is -4.69. The third-order valence-electron chi connectivity index (χ3n) is 3.20. The quantitative estimate of drug-likeness (QED) is 0.663. The van der Waals surface area contributed by atoms with Crippen molar-refractivity contribution in [3.63, 3.8) is 0 Å². The van der Waals surface area contributed by atoms with Crippen LogP contribution in [0.25, 0.3) is 11.4 Å². The topological polar surface area (TPSA) is 95.9 Å². The molecule has 0 aliphatic carbocycles. The Labute approximate surface area is 138 Å². The number of carbonyl (C=O) groups is 1. The molecule has 0 aliphatic heterocycles. The molecule has 0 N–H and O–H groups in total. The van der Waals surface area contributed by atoms with Crippen molar-refractivity contribution in [1.82, 2.24) is 24.9 Å². The van der Waals surface area contributed by atoms with Crippen molar-refractivity contribution in [2.75, 3.05) is 7.11 Å². The smallest absolute Gasteiger partial charge is 0.463 e. The third kappa shape index (κ3) is 3.49. The molecule has 0 atom stereocenters. The molecule has 3 aromatic rings. The van der Waals surface area contributed by atoms with Gasteiger partial charge in [0.05, 0.1) is 13.7 Å². The molecule has 2 aromatic heterocycles. The van der Waals surface area contributed by atoms with Crippen LogP contribution in [-0.2, 0) is 17.5 Å². The number of rotatable bonds is 4. The van der Waals surface area contributed by atoms with Gasteiger partial charge in [0.2, 0.25) is 11.6 Å². The van der Waals surface area contributed by atoms with Gasteiger partial charge < -0.3 is 9.26 Å². The van der Waals surface area contributed by atoms with Crippen molar-refractivity contribution >= 4 is 5.97 Å². The molecule has 0 radical (unpaired) electrons. The number of ether oxygens (including phenoxy) is 1. The van der Waals surface area contributed by atoms with Gasteiger partial charge in [0, 0.05) is 5.56 Å². The van der Waals surface area contributed by atoms with E-state index < -0.39 is 18.0 Å². The van der Waals surface area contributed by atoms with E-state index in [1.54, 1.807) is 12.1 Å². The Bertz CT molecular complexity index is 886. The number of carbonyl (C=O) groups excluding carboxylic acids is 1. The molecule has 1 aromatic carbocycles. The van der Waals surface area contributed by atoms with Crippen molar-refractivity contribution in [1.29, 1.82) is 0 Å². The monoisotopic (exact) mass is 353 g/mol. The van der Waals surface area contributed by atoms with E-state index in [-0.39, 0.29) is 18.2 Å². The number of nitrogens with zero attached hydrogens (tertiary/aromatic N) is 5. The summed E-state index contributed by atoms with van der Waals surface area (Å²) in [6.45, 7) is 0.227. The van der Waals surface area contributed by atoms with Gasteiger partial charge in [-0.3, -0.25) is 0 Å². The number of esters is 1. The van der Waals surface area contributed by atoms with Crippen LogP contribution in [0.15, 0.2) is 35.1 Å². The largest absolute Gasteiger partial charge is 0.471 e. The fourth-order valence-electron chi connectivity index (χ4n) is 2.02. The highest BCUT2D eigenvalue weighted by molar-refractivity contribution is 5.85. The molecule has 25 heavy (non-hydrogen) atoms. The lowest BCUT2D eigenvalue weighted by Crippen LogP contribution is -2.13. The van der Waals surface area contributed by atoms with Gasteiger partial charge in [-0.05, 0) is 5.56 Å². The normalized spacial score (nSPS) is 11.5. The Hall–Kier alpha value is -3.24.